The van der Waals surface area contributed by atoms with Gasteiger partial charge in [0.1, 0.15) is 11.4 Å². The van der Waals surface area contributed by atoms with Crippen molar-refractivity contribution in [2.45, 2.75) is 26.9 Å². The maximum absolute atomic E-state index is 13.2. The van der Waals surface area contributed by atoms with Crippen LogP contribution in [0.3, 0.4) is 0 Å². The van der Waals surface area contributed by atoms with Crippen LogP contribution in [-0.2, 0) is 6.18 Å². The summed E-state index contributed by atoms with van der Waals surface area (Å²) in [6.07, 6.45) is -3.26. The van der Waals surface area contributed by atoms with Crippen LogP contribution in [0.25, 0.3) is 5.65 Å². The minimum Gasteiger partial charge on any atom is -0.353 e. The second-order valence-corrected chi connectivity index (χ2v) is 7.41. The molecule has 158 valence electrons. The van der Waals surface area contributed by atoms with Crippen molar-refractivity contribution in [3.8, 4) is 0 Å². The summed E-state index contributed by atoms with van der Waals surface area (Å²) in [5.41, 5.74) is 2.55. The van der Waals surface area contributed by atoms with Crippen LogP contribution in [0.15, 0.2) is 24.4 Å². The standard InChI is InChI=1S/C20H21F3N6O/c1-12-10-13(2)29-18(25-12)17(14(3)26-29)19(30)28-8-6-27(7-9-28)16-11-15(4-5-24-16)20(21,22)23/h4-5,10-11H,6-9H2,1-3H3. The Morgan fingerprint density at radius 3 is 2.43 bits per heavy atom. The largest absolute Gasteiger partial charge is 0.416 e. The second-order valence-electron chi connectivity index (χ2n) is 7.41. The number of piperazine rings is 1. The highest BCUT2D eigenvalue weighted by Gasteiger charge is 2.32. The molecule has 0 saturated carbocycles. The van der Waals surface area contributed by atoms with E-state index in [1.54, 1.807) is 21.2 Å². The van der Waals surface area contributed by atoms with Crippen molar-refractivity contribution < 1.29 is 18.0 Å². The summed E-state index contributed by atoms with van der Waals surface area (Å²) < 4.78 is 40.6. The molecule has 1 saturated heterocycles. The molecule has 0 unspecified atom stereocenters. The summed E-state index contributed by atoms with van der Waals surface area (Å²) in [6.45, 7) is 7.08. The van der Waals surface area contributed by atoms with Gasteiger partial charge in [0, 0.05) is 43.8 Å². The monoisotopic (exact) mass is 418 g/mol. The van der Waals surface area contributed by atoms with Gasteiger partial charge in [0.05, 0.1) is 11.3 Å². The van der Waals surface area contributed by atoms with E-state index in [-0.39, 0.29) is 11.7 Å². The van der Waals surface area contributed by atoms with E-state index in [1.807, 2.05) is 19.9 Å². The number of pyridine rings is 1. The minimum atomic E-state index is -4.42. The van der Waals surface area contributed by atoms with Crippen LogP contribution in [-0.4, -0.2) is 56.6 Å². The SMILES string of the molecule is Cc1cc(C)n2nc(C)c(C(=O)N3CCN(c4cc(C(F)(F)F)ccn4)CC3)c2n1. The Morgan fingerprint density at radius 2 is 1.77 bits per heavy atom. The Balaban J connectivity index is 1.53. The van der Waals surface area contributed by atoms with E-state index in [0.29, 0.717) is 43.1 Å². The number of nitrogens with zero attached hydrogens (tertiary/aromatic N) is 6. The van der Waals surface area contributed by atoms with Crippen molar-refractivity contribution in [2.75, 3.05) is 31.1 Å². The molecule has 3 aromatic heterocycles. The van der Waals surface area contributed by atoms with Crippen LogP contribution >= 0.6 is 0 Å². The van der Waals surface area contributed by atoms with Crippen molar-refractivity contribution in [2.24, 2.45) is 0 Å². The summed E-state index contributed by atoms with van der Waals surface area (Å²) in [5, 5.41) is 4.44. The third-order valence-electron chi connectivity index (χ3n) is 5.25. The quantitative estimate of drug-likeness (QED) is 0.640. The van der Waals surface area contributed by atoms with Gasteiger partial charge in [0.2, 0.25) is 0 Å². The summed E-state index contributed by atoms with van der Waals surface area (Å²) in [5.74, 6) is 0.0913. The first-order valence-electron chi connectivity index (χ1n) is 9.56. The molecule has 0 aliphatic carbocycles. The van der Waals surface area contributed by atoms with Crippen LogP contribution < -0.4 is 4.90 Å². The Kier molecular flexibility index (Phi) is 4.87. The number of anilines is 1. The maximum Gasteiger partial charge on any atom is 0.416 e. The average Bonchev–Trinajstić information content (AvgIpc) is 3.03. The number of amides is 1. The number of hydrogen-bond acceptors (Lipinski definition) is 5. The normalized spacial score (nSPS) is 15.1. The molecule has 0 atom stereocenters. The molecule has 4 heterocycles. The van der Waals surface area contributed by atoms with Gasteiger partial charge in [-0.3, -0.25) is 4.79 Å². The number of fused-ring (bicyclic) bond motifs is 1. The van der Waals surface area contributed by atoms with Gasteiger partial charge >= 0.3 is 6.18 Å². The van der Waals surface area contributed by atoms with E-state index in [0.717, 1.165) is 29.7 Å². The number of aromatic nitrogens is 4. The topological polar surface area (TPSA) is 66.6 Å². The number of aryl methyl sites for hydroxylation is 3. The molecule has 1 aliphatic rings. The Morgan fingerprint density at radius 1 is 1.07 bits per heavy atom. The van der Waals surface area contributed by atoms with Crippen LogP contribution in [0.5, 0.6) is 0 Å². The van der Waals surface area contributed by atoms with E-state index >= 15 is 0 Å². The molecule has 0 radical (unpaired) electrons. The van der Waals surface area contributed by atoms with Gasteiger partial charge in [-0.25, -0.2) is 14.5 Å². The zero-order valence-corrected chi connectivity index (χ0v) is 16.9. The number of carbonyl (C=O) groups is 1. The lowest BCUT2D eigenvalue weighted by molar-refractivity contribution is -0.137. The second kappa shape index (κ2) is 7.26. The molecule has 0 N–H and O–H groups in total. The molecule has 3 aromatic rings. The molecule has 4 rings (SSSR count). The molecule has 0 spiro atoms. The minimum absolute atomic E-state index is 0.170. The number of hydrogen-bond donors (Lipinski definition) is 0. The molecule has 0 bridgehead atoms. The van der Waals surface area contributed by atoms with Crippen LogP contribution in [0, 0.1) is 20.8 Å². The number of alkyl halides is 3. The van der Waals surface area contributed by atoms with E-state index in [9.17, 15) is 18.0 Å². The van der Waals surface area contributed by atoms with Gasteiger partial charge in [-0.2, -0.15) is 18.3 Å². The van der Waals surface area contributed by atoms with Gasteiger partial charge in [0.15, 0.2) is 5.65 Å². The van der Waals surface area contributed by atoms with E-state index in [1.165, 1.54) is 0 Å². The summed E-state index contributed by atoms with van der Waals surface area (Å²) >= 11 is 0. The van der Waals surface area contributed by atoms with Crippen molar-refractivity contribution in [3.63, 3.8) is 0 Å². The van der Waals surface area contributed by atoms with Crippen LogP contribution in [0.1, 0.15) is 33.0 Å². The molecule has 1 fully saturated rings. The summed E-state index contributed by atoms with van der Waals surface area (Å²) in [4.78, 5) is 25.2. The molecule has 0 aromatic carbocycles. The van der Waals surface area contributed by atoms with Crippen LogP contribution in [0.4, 0.5) is 19.0 Å². The summed E-state index contributed by atoms with van der Waals surface area (Å²) in [7, 11) is 0. The zero-order chi connectivity index (χ0) is 21.6. The Hall–Kier alpha value is -3.17. The molecular formula is C20H21F3N6O. The van der Waals surface area contributed by atoms with Crippen LogP contribution in [0.2, 0.25) is 0 Å². The molecule has 10 heteroatoms. The predicted molar refractivity (Wildman–Crippen MR) is 105 cm³/mol. The summed E-state index contributed by atoms with van der Waals surface area (Å²) in [6, 6.07) is 3.89. The van der Waals surface area contributed by atoms with Crippen molar-refractivity contribution in [1.29, 1.82) is 0 Å². The fraction of sp³-hybridized carbons (Fsp3) is 0.400. The number of rotatable bonds is 2. The molecule has 7 nitrogen and oxygen atoms in total. The lowest BCUT2D eigenvalue weighted by Crippen LogP contribution is -2.49. The van der Waals surface area contributed by atoms with Gasteiger partial charge in [-0.1, -0.05) is 0 Å². The predicted octanol–water partition coefficient (Wildman–Crippen LogP) is 3.03. The maximum atomic E-state index is 13.2. The lowest BCUT2D eigenvalue weighted by atomic mass is 10.2. The number of halogens is 3. The Labute approximate surface area is 171 Å². The van der Waals surface area contributed by atoms with Crippen molar-refractivity contribution in [3.05, 3.63) is 52.6 Å². The smallest absolute Gasteiger partial charge is 0.353 e. The molecule has 1 amide bonds. The Bertz CT molecular complexity index is 1120. The highest BCUT2D eigenvalue weighted by atomic mass is 19.4. The fourth-order valence-electron chi connectivity index (χ4n) is 3.74. The van der Waals surface area contributed by atoms with E-state index < -0.39 is 11.7 Å². The first-order valence-corrected chi connectivity index (χ1v) is 9.56. The zero-order valence-electron chi connectivity index (χ0n) is 16.9. The number of carbonyl (C=O) groups excluding carboxylic acids is 1. The van der Waals surface area contributed by atoms with Gasteiger partial charge in [-0.15, -0.1) is 0 Å². The molecular weight excluding hydrogens is 397 g/mol. The lowest BCUT2D eigenvalue weighted by Gasteiger charge is -2.35. The highest BCUT2D eigenvalue weighted by Crippen LogP contribution is 2.31. The third-order valence-corrected chi connectivity index (χ3v) is 5.25. The highest BCUT2D eigenvalue weighted by molar-refractivity contribution is 6.01. The third kappa shape index (κ3) is 3.57. The van der Waals surface area contributed by atoms with Gasteiger partial charge in [0.25, 0.3) is 5.91 Å². The molecule has 30 heavy (non-hydrogen) atoms. The van der Waals surface area contributed by atoms with Crippen molar-refractivity contribution >= 4 is 17.4 Å². The first kappa shape index (κ1) is 20.1. The fourth-order valence-corrected chi connectivity index (χ4v) is 3.74. The van der Waals surface area contributed by atoms with E-state index in [2.05, 4.69) is 15.1 Å². The van der Waals surface area contributed by atoms with Crippen molar-refractivity contribution in [1.82, 2.24) is 24.5 Å². The first-order chi connectivity index (χ1) is 14.1. The van der Waals surface area contributed by atoms with Gasteiger partial charge in [-0.05, 0) is 39.0 Å². The molecule has 1 aliphatic heterocycles. The van der Waals surface area contributed by atoms with E-state index in [4.69, 9.17) is 0 Å². The average molecular weight is 418 g/mol. The van der Waals surface area contributed by atoms with Gasteiger partial charge < -0.3 is 9.80 Å².